The molecule has 1 saturated carbocycles. The highest BCUT2D eigenvalue weighted by Gasteiger charge is 2.37. The van der Waals surface area contributed by atoms with Gasteiger partial charge in [-0.15, -0.1) is 11.3 Å². The molecule has 2 heterocycles. The van der Waals surface area contributed by atoms with Gasteiger partial charge in [-0.3, -0.25) is 4.79 Å². The maximum Gasteiger partial charge on any atom is 0.263 e. The maximum absolute atomic E-state index is 12.4. The topological polar surface area (TPSA) is 41.1 Å². The number of carbonyl (C=O) groups is 1. The highest BCUT2D eigenvalue weighted by molar-refractivity contribution is 7.13. The smallest absolute Gasteiger partial charge is 0.263 e. The van der Waals surface area contributed by atoms with Gasteiger partial charge in [-0.2, -0.15) is 0 Å². The first kappa shape index (κ1) is 15.3. The number of hydrogen-bond acceptors (Lipinski definition) is 3. The largest absolute Gasteiger partial charge is 0.348 e. The summed E-state index contributed by atoms with van der Waals surface area (Å²) in [6.45, 7) is 2.94. The van der Waals surface area contributed by atoms with Crippen LogP contribution >= 0.6 is 22.9 Å². The van der Waals surface area contributed by atoms with Crippen molar-refractivity contribution in [3.63, 3.8) is 0 Å². The molecule has 5 heteroatoms. The van der Waals surface area contributed by atoms with Crippen LogP contribution in [0.2, 0.25) is 5.02 Å². The van der Waals surface area contributed by atoms with Crippen LogP contribution in [0.4, 0.5) is 0 Å². The van der Waals surface area contributed by atoms with E-state index in [-0.39, 0.29) is 17.5 Å². The van der Waals surface area contributed by atoms with Crippen LogP contribution in [0.1, 0.15) is 60.2 Å². The molecule has 1 aliphatic heterocycles. The van der Waals surface area contributed by atoms with Gasteiger partial charge in [0.2, 0.25) is 0 Å². The van der Waals surface area contributed by atoms with E-state index < -0.39 is 0 Å². The Morgan fingerprint density at radius 2 is 2.19 bits per heavy atom. The molecule has 1 aromatic rings. The van der Waals surface area contributed by atoms with Crippen molar-refractivity contribution in [2.24, 2.45) is 0 Å². The molecule has 2 aliphatic rings. The zero-order valence-electron chi connectivity index (χ0n) is 12.5. The van der Waals surface area contributed by atoms with Crippen molar-refractivity contribution >= 4 is 28.8 Å². The van der Waals surface area contributed by atoms with Gasteiger partial charge < -0.3 is 10.6 Å². The van der Waals surface area contributed by atoms with E-state index >= 15 is 0 Å². The number of rotatable bonds is 2. The first-order valence-electron chi connectivity index (χ1n) is 7.89. The van der Waals surface area contributed by atoms with Crippen LogP contribution in [0.5, 0.6) is 0 Å². The van der Waals surface area contributed by atoms with Crippen molar-refractivity contribution in [3.8, 4) is 0 Å². The molecule has 2 fully saturated rings. The lowest BCUT2D eigenvalue weighted by Crippen LogP contribution is -2.57. The van der Waals surface area contributed by atoms with Crippen molar-refractivity contribution in [1.82, 2.24) is 10.6 Å². The predicted octanol–water partition coefficient (Wildman–Crippen LogP) is 3.89. The fourth-order valence-corrected chi connectivity index (χ4v) is 4.91. The molecule has 3 nitrogen and oxygen atoms in total. The first-order chi connectivity index (χ1) is 10.1. The Morgan fingerprint density at radius 1 is 1.43 bits per heavy atom. The van der Waals surface area contributed by atoms with Gasteiger partial charge in [0.25, 0.3) is 5.91 Å². The van der Waals surface area contributed by atoms with Gasteiger partial charge in [0.05, 0.1) is 5.02 Å². The van der Waals surface area contributed by atoms with E-state index in [9.17, 15) is 4.79 Å². The normalized spacial score (nSPS) is 25.0. The van der Waals surface area contributed by atoms with E-state index in [1.165, 1.54) is 43.4 Å². The summed E-state index contributed by atoms with van der Waals surface area (Å²) in [7, 11) is 0. The van der Waals surface area contributed by atoms with Gasteiger partial charge in [-0.25, -0.2) is 0 Å². The van der Waals surface area contributed by atoms with Crippen LogP contribution in [-0.4, -0.2) is 24.0 Å². The molecular weight excluding hydrogens is 304 g/mol. The van der Waals surface area contributed by atoms with E-state index in [4.69, 9.17) is 11.6 Å². The van der Waals surface area contributed by atoms with E-state index in [1.807, 2.05) is 12.3 Å². The van der Waals surface area contributed by atoms with E-state index in [0.29, 0.717) is 9.90 Å². The summed E-state index contributed by atoms with van der Waals surface area (Å²) in [5.74, 6) is -0.00374. The summed E-state index contributed by atoms with van der Waals surface area (Å²) in [5.41, 5.74) is 1.25. The third-order valence-electron chi connectivity index (χ3n) is 4.88. The molecule has 1 amide bonds. The average molecular weight is 327 g/mol. The number of nitrogens with one attached hydrogen (secondary N) is 2. The summed E-state index contributed by atoms with van der Waals surface area (Å²) in [6.07, 6.45) is 8.53. The molecule has 1 spiro atoms. The molecular formula is C16H23ClN2OS. The highest BCUT2D eigenvalue weighted by Crippen LogP contribution is 2.35. The van der Waals surface area contributed by atoms with Crippen molar-refractivity contribution in [2.75, 3.05) is 6.54 Å². The summed E-state index contributed by atoms with van der Waals surface area (Å²) in [4.78, 5) is 13.1. The zero-order valence-corrected chi connectivity index (χ0v) is 14.1. The molecule has 0 bridgehead atoms. The van der Waals surface area contributed by atoms with Crippen LogP contribution in [-0.2, 0) is 0 Å². The second-order valence-corrected chi connectivity index (χ2v) is 7.75. The lowest BCUT2D eigenvalue weighted by molar-refractivity contribution is 0.0897. The van der Waals surface area contributed by atoms with Gasteiger partial charge >= 0.3 is 0 Å². The Bertz CT molecular complexity index is 517. The molecule has 2 N–H and O–H groups in total. The summed E-state index contributed by atoms with van der Waals surface area (Å²) < 4.78 is 0. The molecule has 3 rings (SSSR count). The second-order valence-electron chi connectivity index (χ2n) is 6.49. The number of carbonyl (C=O) groups excluding carboxylic acids is 1. The Morgan fingerprint density at radius 3 is 2.86 bits per heavy atom. The summed E-state index contributed by atoms with van der Waals surface area (Å²) in [6, 6.07) is 0.273. The molecule has 0 aromatic carbocycles. The van der Waals surface area contributed by atoms with Crippen molar-refractivity contribution in [2.45, 2.75) is 63.5 Å². The number of thiophene rings is 1. The number of amides is 1. The molecule has 21 heavy (non-hydrogen) atoms. The Kier molecular flexibility index (Phi) is 4.57. The fraction of sp³-hybridized carbons (Fsp3) is 0.688. The van der Waals surface area contributed by atoms with Gasteiger partial charge in [0.1, 0.15) is 4.88 Å². The molecule has 1 saturated heterocycles. The Labute approximate surface area is 135 Å². The van der Waals surface area contributed by atoms with Crippen LogP contribution in [0, 0.1) is 6.92 Å². The first-order valence-corrected chi connectivity index (χ1v) is 9.15. The predicted molar refractivity (Wildman–Crippen MR) is 88.4 cm³/mol. The van der Waals surface area contributed by atoms with Crippen LogP contribution in [0.3, 0.4) is 0 Å². The van der Waals surface area contributed by atoms with Gasteiger partial charge in [0, 0.05) is 11.6 Å². The maximum atomic E-state index is 12.4. The fourth-order valence-electron chi connectivity index (χ4n) is 3.72. The molecule has 1 aliphatic carbocycles. The number of halogens is 1. The number of piperidine rings is 1. The SMILES string of the molecule is Cc1csc(C(=O)NC2CCNC3(CCCCC3)C2)c1Cl. The molecule has 116 valence electrons. The quantitative estimate of drug-likeness (QED) is 0.865. The molecule has 0 radical (unpaired) electrons. The lowest BCUT2D eigenvalue weighted by Gasteiger charge is -2.44. The Hall–Kier alpha value is -0.580. The molecule has 1 unspecified atom stereocenters. The highest BCUT2D eigenvalue weighted by atomic mass is 35.5. The lowest BCUT2D eigenvalue weighted by atomic mass is 9.75. The zero-order chi connectivity index (χ0) is 14.9. The van der Waals surface area contributed by atoms with Crippen molar-refractivity contribution in [1.29, 1.82) is 0 Å². The van der Waals surface area contributed by atoms with Gasteiger partial charge in [-0.05, 0) is 50.1 Å². The second kappa shape index (κ2) is 6.27. The van der Waals surface area contributed by atoms with Crippen LogP contribution in [0.15, 0.2) is 5.38 Å². The average Bonchev–Trinajstić information content (AvgIpc) is 2.80. The van der Waals surface area contributed by atoms with E-state index in [0.717, 1.165) is 24.9 Å². The molecule has 1 aromatic heterocycles. The monoisotopic (exact) mass is 326 g/mol. The minimum Gasteiger partial charge on any atom is -0.348 e. The summed E-state index contributed by atoms with van der Waals surface area (Å²) in [5, 5.41) is 9.48. The summed E-state index contributed by atoms with van der Waals surface area (Å²) >= 11 is 7.64. The minimum atomic E-state index is -0.00374. The van der Waals surface area contributed by atoms with E-state index in [1.54, 1.807) is 0 Å². The van der Waals surface area contributed by atoms with Crippen LogP contribution in [0.25, 0.3) is 0 Å². The standard InChI is InChI=1S/C16H23ClN2OS/c1-11-10-21-14(13(11)17)15(20)19-12-5-8-18-16(9-12)6-3-2-4-7-16/h10,12,18H,2-9H2,1H3,(H,19,20). The van der Waals surface area contributed by atoms with Gasteiger partial charge in [0.15, 0.2) is 0 Å². The Balaban J connectivity index is 1.64. The third-order valence-corrected chi connectivity index (χ3v) is 6.58. The van der Waals surface area contributed by atoms with Crippen molar-refractivity contribution < 1.29 is 4.79 Å². The minimum absolute atomic E-state index is 0.00374. The number of aryl methyl sites for hydroxylation is 1. The third kappa shape index (κ3) is 3.27. The van der Waals surface area contributed by atoms with Gasteiger partial charge in [-0.1, -0.05) is 30.9 Å². The van der Waals surface area contributed by atoms with Crippen LogP contribution < -0.4 is 10.6 Å². The molecule has 1 atom stereocenters. The van der Waals surface area contributed by atoms with Crippen molar-refractivity contribution in [3.05, 3.63) is 20.8 Å². The number of hydrogen-bond donors (Lipinski definition) is 2. The van der Waals surface area contributed by atoms with E-state index in [2.05, 4.69) is 10.6 Å².